The maximum atomic E-state index is 5.68. The van der Waals surface area contributed by atoms with E-state index in [4.69, 9.17) is 4.74 Å². The fourth-order valence-electron chi connectivity index (χ4n) is 2.02. The maximum Gasteiger partial charge on any atom is 0.103 e. The number of hydrogen-bond donors (Lipinski definition) is 1. The number of nitrogens with one attached hydrogen (secondary N) is 1. The highest BCUT2D eigenvalue weighted by Gasteiger charge is 2.31. The molecule has 0 spiro atoms. The van der Waals surface area contributed by atoms with Gasteiger partial charge in [-0.05, 0) is 25.0 Å². The number of fused-ring (bicyclic) bond motifs is 1. The third kappa shape index (κ3) is 1.41. The van der Waals surface area contributed by atoms with Crippen molar-refractivity contribution in [1.82, 2.24) is 0 Å². The van der Waals surface area contributed by atoms with Gasteiger partial charge in [0.15, 0.2) is 0 Å². The predicted molar refractivity (Wildman–Crippen MR) is 58.7 cm³/mol. The average molecular weight is 207 g/mol. The third-order valence-electron chi connectivity index (χ3n) is 2.74. The number of hydrogen-bond acceptors (Lipinski definition) is 3. The lowest BCUT2D eigenvalue weighted by molar-refractivity contribution is 0.114. The lowest BCUT2D eigenvalue weighted by atomic mass is 10.2. The molecule has 2 atom stereocenters. The molecule has 14 heavy (non-hydrogen) atoms. The van der Waals surface area contributed by atoms with E-state index in [1.807, 2.05) is 11.8 Å². The second-order valence-corrected chi connectivity index (χ2v) is 4.91. The Hall–Kier alpha value is -0.670. The number of rotatable bonds is 1. The number of para-hydroxylation sites is 1. The van der Waals surface area contributed by atoms with Gasteiger partial charge in [0.05, 0.1) is 6.10 Å². The van der Waals surface area contributed by atoms with Crippen LogP contribution < -0.4 is 5.32 Å². The van der Waals surface area contributed by atoms with E-state index in [1.165, 1.54) is 23.4 Å². The summed E-state index contributed by atoms with van der Waals surface area (Å²) in [6.45, 7) is 0.930. The van der Waals surface area contributed by atoms with Crippen LogP contribution in [-0.2, 0) is 4.74 Å². The Balaban J connectivity index is 1.77. The minimum absolute atomic E-state index is 0.396. The van der Waals surface area contributed by atoms with E-state index in [1.54, 1.807) is 0 Å². The smallest absolute Gasteiger partial charge is 0.103 e. The molecule has 0 radical (unpaired) electrons. The Kier molecular flexibility index (Phi) is 2.14. The van der Waals surface area contributed by atoms with Gasteiger partial charge in [0.25, 0.3) is 0 Å². The summed E-state index contributed by atoms with van der Waals surface area (Å²) in [5.41, 5.74) is 1.26. The largest absolute Gasteiger partial charge is 0.375 e. The van der Waals surface area contributed by atoms with Gasteiger partial charge < -0.3 is 10.1 Å². The lowest BCUT2D eigenvalue weighted by Gasteiger charge is -2.17. The van der Waals surface area contributed by atoms with Crippen molar-refractivity contribution in [2.24, 2.45) is 0 Å². The standard InChI is InChI=1S/C11H13NOS/c1-2-6-10-8(4-1)12-11(14-10)9-5-3-7-13-9/h1-2,4,6,9,11-12H,3,5,7H2. The highest BCUT2D eigenvalue weighted by Crippen LogP contribution is 2.41. The first-order chi connectivity index (χ1) is 6.93. The number of thioether (sulfide) groups is 1. The predicted octanol–water partition coefficient (Wildman–Crippen LogP) is 2.71. The van der Waals surface area contributed by atoms with Crippen LogP contribution in [0.4, 0.5) is 5.69 Å². The normalized spacial score (nSPS) is 30.0. The lowest BCUT2D eigenvalue weighted by Crippen LogP contribution is -2.26. The summed E-state index contributed by atoms with van der Waals surface area (Å²) in [4.78, 5) is 1.35. The molecule has 1 N–H and O–H groups in total. The van der Waals surface area contributed by atoms with Gasteiger partial charge in [0.2, 0.25) is 0 Å². The van der Waals surface area contributed by atoms with Crippen LogP contribution >= 0.6 is 11.8 Å². The Labute approximate surface area is 88.0 Å². The van der Waals surface area contributed by atoms with Crippen molar-refractivity contribution < 1.29 is 4.74 Å². The molecule has 0 amide bonds. The van der Waals surface area contributed by atoms with Crippen molar-refractivity contribution in [2.45, 2.75) is 29.2 Å². The molecule has 1 saturated heterocycles. The zero-order chi connectivity index (χ0) is 9.38. The van der Waals surface area contributed by atoms with Crippen molar-refractivity contribution in [3.63, 3.8) is 0 Å². The molecule has 2 heterocycles. The summed E-state index contributed by atoms with van der Waals surface area (Å²) in [5, 5.41) is 3.94. The first-order valence-electron chi connectivity index (χ1n) is 5.07. The summed E-state index contributed by atoms with van der Waals surface area (Å²) in [5.74, 6) is 0. The molecule has 74 valence electrons. The molecule has 0 bridgehead atoms. The molecule has 1 aromatic carbocycles. The monoisotopic (exact) mass is 207 g/mol. The van der Waals surface area contributed by atoms with Crippen LogP contribution in [0.5, 0.6) is 0 Å². The minimum atomic E-state index is 0.396. The van der Waals surface area contributed by atoms with Crippen LogP contribution in [0.25, 0.3) is 0 Å². The van der Waals surface area contributed by atoms with Gasteiger partial charge >= 0.3 is 0 Å². The van der Waals surface area contributed by atoms with Crippen LogP contribution in [0.3, 0.4) is 0 Å². The van der Waals surface area contributed by atoms with E-state index in [9.17, 15) is 0 Å². The number of benzene rings is 1. The average Bonchev–Trinajstić information content (AvgIpc) is 2.86. The fraction of sp³-hybridized carbons (Fsp3) is 0.455. The van der Waals surface area contributed by atoms with Gasteiger partial charge in [-0.15, -0.1) is 0 Å². The highest BCUT2D eigenvalue weighted by molar-refractivity contribution is 8.00. The molecular weight excluding hydrogens is 194 g/mol. The summed E-state index contributed by atoms with van der Waals surface area (Å²) in [6.07, 6.45) is 2.80. The van der Waals surface area contributed by atoms with Crippen molar-refractivity contribution >= 4 is 17.4 Å². The summed E-state index contributed by atoms with van der Waals surface area (Å²) < 4.78 is 5.68. The van der Waals surface area contributed by atoms with Crippen LogP contribution in [-0.4, -0.2) is 18.1 Å². The summed E-state index contributed by atoms with van der Waals surface area (Å²) in [6, 6.07) is 8.47. The molecule has 3 rings (SSSR count). The molecule has 1 aromatic rings. The van der Waals surface area contributed by atoms with Gasteiger partial charge in [0.1, 0.15) is 5.37 Å². The molecule has 1 fully saturated rings. The maximum absolute atomic E-state index is 5.68. The van der Waals surface area contributed by atoms with Gasteiger partial charge in [-0.2, -0.15) is 0 Å². The molecular formula is C11H13NOS. The Morgan fingerprint density at radius 2 is 2.29 bits per heavy atom. The first kappa shape index (κ1) is 8.62. The quantitative estimate of drug-likeness (QED) is 0.765. The van der Waals surface area contributed by atoms with Gasteiger partial charge in [0, 0.05) is 17.2 Å². The van der Waals surface area contributed by atoms with E-state index in [-0.39, 0.29) is 0 Å². The van der Waals surface area contributed by atoms with Gasteiger partial charge in [-0.1, -0.05) is 23.9 Å². The number of anilines is 1. The molecule has 2 unspecified atom stereocenters. The van der Waals surface area contributed by atoms with Gasteiger partial charge in [-0.25, -0.2) is 0 Å². The molecule has 0 aliphatic carbocycles. The summed E-state index contributed by atoms with van der Waals surface area (Å²) in [7, 11) is 0. The minimum Gasteiger partial charge on any atom is -0.375 e. The van der Waals surface area contributed by atoms with Gasteiger partial charge in [-0.3, -0.25) is 0 Å². The Morgan fingerprint density at radius 1 is 1.36 bits per heavy atom. The number of ether oxygens (including phenoxy) is 1. The zero-order valence-corrected chi connectivity index (χ0v) is 8.72. The summed E-state index contributed by atoms with van der Waals surface area (Å²) >= 11 is 1.90. The van der Waals surface area contributed by atoms with E-state index in [2.05, 4.69) is 29.6 Å². The fourth-order valence-corrected chi connectivity index (χ4v) is 3.26. The van der Waals surface area contributed by atoms with E-state index >= 15 is 0 Å². The van der Waals surface area contributed by atoms with Crippen molar-refractivity contribution in [3.8, 4) is 0 Å². The first-order valence-corrected chi connectivity index (χ1v) is 5.95. The molecule has 3 heteroatoms. The Bertz CT molecular complexity index is 311. The van der Waals surface area contributed by atoms with E-state index < -0.39 is 0 Å². The van der Waals surface area contributed by atoms with Crippen molar-refractivity contribution in [3.05, 3.63) is 24.3 Å². The topological polar surface area (TPSA) is 21.3 Å². The molecule has 2 aliphatic heterocycles. The molecule has 2 aliphatic rings. The van der Waals surface area contributed by atoms with Crippen LogP contribution in [0.15, 0.2) is 29.2 Å². The second-order valence-electron chi connectivity index (χ2n) is 3.73. The van der Waals surface area contributed by atoms with E-state index in [0.29, 0.717) is 11.5 Å². The van der Waals surface area contributed by atoms with Crippen LogP contribution in [0.1, 0.15) is 12.8 Å². The molecule has 2 nitrogen and oxygen atoms in total. The van der Waals surface area contributed by atoms with Crippen molar-refractivity contribution in [1.29, 1.82) is 0 Å². The van der Waals surface area contributed by atoms with Crippen molar-refractivity contribution in [2.75, 3.05) is 11.9 Å². The second kappa shape index (κ2) is 3.48. The molecule has 0 aromatic heterocycles. The molecule has 0 saturated carbocycles. The highest BCUT2D eigenvalue weighted by atomic mass is 32.2. The zero-order valence-electron chi connectivity index (χ0n) is 7.90. The Morgan fingerprint density at radius 3 is 3.07 bits per heavy atom. The van der Waals surface area contributed by atoms with E-state index in [0.717, 1.165) is 6.61 Å². The van der Waals surface area contributed by atoms with Crippen LogP contribution in [0.2, 0.25) is 0 Å². The third-order valence-corrected chi connectivity index (χ3v) is 4.03. The van der Waals surface area contributed by atoms with Crippen LogP contribution in [0, 0.1) is 0 Å². The SMILES string of the molecule is c1ccc2c(c1)NC(C1CCCO1)S2.